The summed E-state index contributed by atoms with van der Waals surface area (Å²) in [5.74, 6) is 2.14. The number of thiophene rings is 1. The lowest BCUT2D eigenvalue weighted by atomic mass is 10.2. The number of nitrogens with zero attached hydrogens (tertiary/aromatic N) is 4. The Bertz CT molecular complexity index is 1100. The van der Waals surface area contributed by atoms with Gasteiger partial charge in [0.15, 0.2) is 11.0 Å². The van der Waals surface area contributed by atoms with Crippen LogP contribution >= 0.6 is 23.1 Å². The lowest BCUT2D eigenvalue weighted by molar-refractivity contribution is 0.542. The molecule has 0 fully saturated rings. The van der Waals surface area contributed by atoms with Gasteiger partial charge >= 0.3 is 0 Å². The SMILES string of the molecule is C=CCn1c(SCc2nc(-c3cccs3)oc2C)nnc1-c1ccccc1F. The molecule has 0 N–H and O–H groups in total. The molecular formula is C20H17FN4OS2. The number of aromatic nitrogens is 4. The molecular weight excluding hydrogens is 395 g/mol. The molecule has 28 heavy (non-hydrogen) atoms. The van der Waals surface area contributed by atoms with E-state index in [0.717, 1.165) is 16.3 Å². The van der Waals surface area contributed by atoms with Crippen LogP contribution in [0.5, 0.6) is 0 Å². The topological polar surface area (TPSA) is 56.7 Å². The van der Waals surface area contributed by atoms with Crippen molar-refractivity contribution < 1.29 is 8.81 Å². The summed E-state index contributed by atoms with van der Waals surface area (Å²) >= 11 is 3.07. The van der Waals surface area contributed by atoms with Crippen molar-refractivity contribution >= 4 is 23.1 Å². The maximum absolute atomic E-state index is 14.2. The summed E-state index contributed by atoms with van der Waals surface area (Å²) < 4.78 is 21.9. The molecule has 0 aliphatic heterocycles. The van der Waals surface area contributed by atoms with Crippen LogP contribution in [0.1, 0.15) is 11.5 Å². The highest BCUT2D eigenvalue weighted by atomic mass is 32.2. The lowest BCUT2D eigenvalue weighted by Gasteiger charge is -2.08. The van der Waals surface area contributed by atoms with Crippen molar-refractivity contribution in [2.75, 3.05) is 0 Å². The van der Waals surface area contributed by atoms with Gasteiger partial charge in [0.25, 0.3) is 0 Å². The number of aryl methyl sites for hydroxylation is 1. The van der Waals surface area contributed by atoms with Crippen LogP contribution in [-0.2, 0) is 12.3 Å². The van der Waals surface area contributed by atoms with E-state index in [2.05, 4.69) is 21.8 Å². The number of oxazole rings is 1. The molecule has 5 nitrogen and oxygen atoms in total. The van der Waals surface area contributed by atoms with Crippen LogP contribution in [0.15, 0.2) is 64.0 Å². The average Bonchev–Trinajstić information content (AvgIpc) is 3.42. The first-order valence-electron chi connectivity index (χ1n) is 8.59. The molecule has 4 aromatic rings. The highest BCUT2D eigenvalue weighted by Crippen LogP contribution is 2.31. The van der Waals surface area contributed by atoms with Crippen LogP contribution in [0.3, 0.4) is 0 Å². The predicted octanol–water partition coefficient (Wildman–Crippen LogP) is 5.59. The maximum atomic E-state index is 14.2. The zero-order valence-electron chi connectivity index (χ0n) is 15.1. The van der Waals surface area contributed by atoms with Crippen LogP contribution in [0.4, 0.5) is 4.39 Å². The molecule has 142 valence electrons. The van der Waals surface area contributed by atoms with Crippen LogP contribution in [-0.4, -0.2) is 19.7 Å². The number of benzene rings is 1. The summed E-state index contributed by atoms with van der Waals surface area (Å²) in [6.07, 6.45) is 1.74. The second-order valence-corrected chi connectivity index (χ2v) is 7.86. The minimum atomic E-state index is -0.329. The smallest absolute Gasteiger partial charge is 0.236 e. The van der Waals surface area contributed by atoms with Gasteiger partial charge in [-0.2, -0.15) is 0 Å². The van der Waals surface area contributed by atoms with E-state index in [9.17, 15) is 4.39 Å². The third-order valence-corrected chi connectivity index (χ3v) is 5.94. The van der Waals surface area contributed by atoms with E-state index in [1.807, 2.05) is 29.0 Å². The van der Waals surface area contributed by atoms with Gasteiger partial charge in [-0.05, 0) is 30.5 Å². The number of thioether (sulfide) groups is 1. The number of hydrogen-bond acceptors (Lipinski definition) is 6. The second-order valence-electron chi connectivity index (χ2n) is 5.97. The van der Waals surface area contributed by atoms with Crippen molar-refractivity contribution in [2.45, 2.75) is 24.4 Å². The molecule has 0 unspecified atom stereocenters. The van der Waals surface area contributed by atoms with Gasteiger partial charge in [0.2, 0.25) is 5.89 Å². The summed E-state index contributed by atoms with van der Waals surface area (Å²) in [7, 11) is 0. The molecule has 4 rings (SSSR count). The molecule has 0 aliphatic carbocycles. The molecule has 0 aliphatic rings. The van der Waals surface area contributed by atoms with Crippen LogP contribution in [0.25, 0.3) is 22.2 Å². The number of halogens is 1. The molecule has 0 atom stereocenters. The highest BCUT2D eigenvalue weighted by Gasteiger charge is 2.18. The van der Waals surface area contributed by atoms with Crippen molar-refractivity contribution in [3.63, 3.8) is 0 Å². The Hall–Kier alpha value is -2.71. The van der Waals surface area contributed by atoms with Gasteiger partial charge in [0, 0.05) is 12.3 Å². The Morgan fingerprint density at radius 1 is 1.25 bits per heavy atom. The summed E-state index contributed by atoms with van der Waals surface area (Å²) in [6, 6.07) is 10.5. The third kappa shape index (κ3) is 3.65. The minimum Gasteiger partial charge on any atom is -0.440 e. The number of allylic oxidation sites excluding steroid dienone is 1. The average molecular weight is 413 g/mol. The molecule has 0 saturated heterocycles. The minimum absolute atomic E-state index is 0.329. The van der Waals surface area contributed by atoms with E-state index in [1.54, 1.807) is 35.6 Å². The normalized spacial score (nSPS) is 11.1. The van der Waals surface area contributed by atoms with Crippen LogP contribution in [0, 0.1) is 12.7 Å². The van der Waals surface area contributed by atoms with E-state index in [4.69, 9.17) is 4.42 Å². The van der Waals surface area contributed by atoms with Gasteiger partial charge in [0.1, 0.15) is 11.6 Å². The standard InChI is InChI=1S/C20H17FN4OS2/c1-3-10-25-18(14-7-4-5-8-15(14)21)23-24-20(25)28-12-16-13(2)26-19(22-16)17-9-6-11-27-17/h3-9,11H,1,10,12H2,2H3. The van der Waals surface area contributed by atoms with Gasteiger partial charge in [-0.1, -0.05) is 36.0 Å². The van der Waals surface area contributed by atoms with Gasteiger partial charge in [-0.25, -0.2) is 9.37 Å². The van der Waals surface area contributed by atoms with Crippen molar-refractivity contribution in [2.24, 2.45) is 0 Å². The Morgan fingerprint density at radius 2 is 2.11 bits per heavy atom. The van der Waals surface area contributed by atoms with E-state index in [0.29, 0.717) is 34.7 Å². The molecule has 0 amide bonds. The maximum Gasteiger partial charge on any atom is 0.236 e. The highest BCUT2D eigenvalue weighted by molar-refractivity contribution is 7.98. The fourth-order valence-corrected chi connectivity index (χ4v) is 4.33. The van der Waals surface area contributed by atoms with E-state index in [1.165, 1.54) is 17.8 Å². The molecule has 0 bridgehead atoms. The van der Waals surface area contributed by atoms with Gasteiger partial charge in [0.05, 0.1) is 16.1 Å². The fraction of sp³-hybridized carbons (Fsp3) is 0.150. The zero-order valence-corrected chi connectivity index (χ0v) is 16.8. The molecule has 3 heterocycles. The van der Waals surface area contributed by atoms with Crippen molar-refractivity contribution in [1.82, 2.24) is 19.7 Å². The Labute approximate surface area is 170 Å². The largest absolute Gasteiger partial charge is 0.440 e. The first kappa shape index (κ1) is 18.6. The van der Waals surface area contributed by atoms with Crippen LogP contribution in [0.2, 0.25) is 0 Å². The second kappa shape index (κ2) is 8.12. The van der Waals surface area contributed by atoms with Gasteiger partial charge < -0.3 is 4.42 Å². The summed E-state index contributed by atoms with van der Waals surface area (Å²) in [4.78, 5) is 5.60. The summed E-state index contributed by atoms with van der Waals surface area (Å²) in [6.45, 7) is 6.18. The monoisotopic (exact) mass is 412 g/mol. The molecule has 8 heteroatoms. The Morgan fingerprint density at radius 3 is 2.86 bits per heavy atom. The quantitative estimate of drug-likeness (QED) is 0.293. The van der Waals surface area contributed by atoms with Crippen molar-refractivity contribution in [3.8, 4) is 22.2 Å². The molecule has 3 aromatic heterocycles. The number of hydrogen-bond donors (Lipinski definition) is 0. The van der Waals surface area contributed by atoms with Crippen LogP contribution < -0.4 is 0 Å². The van der Waals surface area contributed by atoms with Gasteiger partial charge in [-0.15, -0.1) is 28.1 Å². The Balaban J connectivity index is 1.59. The summed E-state index contributed by atoms with van der Waals surface area (Å²) in [5.41, 5.74) is 1.27. The van der Waals surface area contributed by atoms with Gasteiger partial charge in [-0.3, -0.25) is 4.57 Å². The Kier molecular flexibility index (Phi) is 5.40. The first-order valence-corrected chi connectivity index (χ1v) is 10.5. The lowest BCUT2D eigenvalue weighted by Crippen LogP contribution is -2.02. The molecule has 0 spiro atoms. The molecule has 0 saturated carbocycles. The molecule has 0 radical (unpaired) electrons. The van der Waals surface area contributed by atoms with E-state index < -0.39 is 0 Å². The molecule has 1 aromatic carbocycles. The zero-order chi connectivity index (χ0) is 19.5. The van der Waals surface area contributed by atoms with E-state index >= 15 is 0 Å². The fourth-order valence-electron chi connectivity index (χ4n) is 2.73. The summed E-state index contributed by atoms with van der Waals surface area (Å²) in [5, 5.41) is 11.1. The number of rotatable bonds is 7. The van der Waals surface area contributed by atoms with Crippen molar-refractivity contribution in [3.05, 3.63) is 71.7 Å². The van der Waals surface area contributed by atoms with E-state index in [-0.39, 0.29) is 5.82 Å². The third-order valence-electron chi connectivity index (χ3n) is 4.11. The predicted molar refractivity (Wildman–Crippen MR) is 110 cm³/mol. The van der Waals surface area contributed by atoms with Crippen molar-refractivity contribution in [1.29, 1.82) is 0 Å². The first-order chi connectivity index (χ1) is 13.7.